The van der Waals surface area contributed by atoms with Gasteiger partial charge in [-0.15, -0.1) is 0 Å². The molecule has 0 aliphatic rings. The molecule has 2 aromatic carbocycles. The van der Waals surface area contributed by atoms with Crippen LogP contribution >= 0.6 is 23.2 Å². The third kappa shape index (κ3) is 2.91. The summed E-state index contributed by atoms with van der Waals surface area (Å²) in [5.41, 5.74) is 6.29. The Kier molecular flexibility index (Phi) is 4.64. The van der Waals surface area contributed by atoms with E-state index in [4.69, 9.17) is 28.9 Å². The minimum Gasteiger partial charge on any atom is -0.505 e. The molecule has 1 amide bonds. The Morgan fingerprint density at radius 2 is 1.88 bits per heavy atom. The number of phenolic OH excluding ortho intramolecular Hbond substituents is 1. The number of aromatic nitrogens is 1. The van der Waals surface area contributed by atoms with Crippen LogP contribution < -0.4 is 5.73 Å². The number of fused-ring (bicyclic) bond motifs is 1. The molecule has 0 saturated heterocycles. The van der Waals surface area contributed by atoms with Crippen LogP contribution in [0.25, 0.3) is 10.9 Å². The van der Waals surface area contributed by atoms with Crippen molar-refractivity contribution in [3.8, 4) is 5.75 Å². The lowest BCUT2D eigenvalue weighted by molar-refractivity contribution is -0.117. The zero-order chi connectivity index (χ0) is 19.2. The molecule has 3 aromatic rings. The van der Waals surface area contributed by atoms with Crippen LogP contribution in [0.4, 0.5) is 4.39 Å². The zero-order valence-electron chi connectivity index (χ0n) is 13.5. The lowest BCUT2D eigenvalue weighted by Crippen LogP contribution is -2.16. The number of hydrogen-bond donors (Lipinski definition) is 2. The number of benzene rings is 2. The number of amides is 1. The molecule has 3 rings (SSSR count). The lowest BCUT2D eigenvalue weighted by atomic mass is 10.1. The maximum absolute atomic E-state index is 14.5. The first kappa shape index (κ1) is 18.2. The van der Waals surface area contributed by atoms with Gasteiger partial charge in [0.05, 0.1) is 22.0 Å². The van der Waals surface area contributed by atoms with Crippen molar-refractivity contribution in [3.05, 3.63) is 63.0 Å². The first-order valence-corrected chi connectivity index (χ1v) is 8.27. The molecule has 0 aliphatic carbocycles. The van der Waals surface area contributed by atoms with E-state index < -0.39 is 23.4 Å². The minimum atomic E-state index is -0.914. The van der Waals surface area contributed by atoms with Gasteiger partial charge in [0, 0.05) is 16.6 Å². The molecule has 26 heavy (non-hydrogen) atoms. The van der Waals surface area contributed by atoms with Crippen molar-refractivity contribution in [2.24, 2.45) is 5.73 Å². The second kappa shape index (κ2) is 6.63. The Morgan fingerprint density at radius 1 is 1.19 bits per heavy atom. The number of carbonyl (C=O) groups is 2. The van der Waals surface area contributed by atoms with Crippen LogP contribution in [0.5, 0.6) is 5.75 Å². The Morgan fingerprint density at radius 3 is 2.50 bits per heavy atom. The van der Waals surface area contributed by atoms with Gasteiger partial charge in [-0.1, -0.05) is 23.2 Å². The summed E-state index contributed by atoms with van der Waals surface area (Å²) in [7, 11) is 0. The molecule has 8 heteroatoms. The van der Waals surface area contributed by atoms with E-state index in [9.17, 15) is 19.1 Å². The first-order chi connectivity index (χ1) is 12.2. The zero-order valence-corrected chi connectivity index (χ0v) is 15.0. The standard InChI is InChI=1S/C18H13Cl2FN2O3/c1-8-10(7-15(22)25)16-13(4-5-14(24)17(16)21)23(8)18(26)9-2-3-11(19)12(20)6-9/h2-6,24H,7H2,1H3,(H2,22,25). The molecule has 0 radical (unpaired) electrons. The minimum absolute atomic E-state index is 0.0188. The van der Waals surface area contributed by atoms with Crippen LogP contribution in [0.2, 0.25) is 10.0 Å². The van der Waals surface area contributed by atoms with E-state index in [1.165, 1.54) is 28.8 Å². The Labute approximate surface area is 157 Å². The molecule has 134 valence electrons. The maximum atomic E-state index is 14.5. The van der Waals surface area contributed by atoms with Crippen molar-refractivity contribution in [2.45, 2.75) is 13.3 Å². The van der Waals surface area contributed by atoms with Crippen LogP contribution in [-0.4, -0.2) is 21.5 Å². The highest BCUT2D eigenvalue weighted by Gasteiger charge is 2.24. The highest BCUT2D eigenvalue weighted by Crippen LogP contribution is 2.34. The van der Waals surface area contributed by atoms with E-state index in [-0.39, 0.29) is 33.5 Å². The van der Waals surface area contributed by atoms with Crippen LogP contribution in [0, 0.1) is 12.7 Å². The summed E-state index contributed by atoms with van der Waals surface area (Å²) in [6.45, 7) is 1.57. The molecule has 1 aromatic heterocycles. The van der Waals surface area contributed by atoms with Gasteiger partial charge in [-0.2, -0.15) is 0 Å². The van der Waals surface area contributed by atoms with Crippen LogP contribution in [0.3, 0.4) is 0 Å². The van der Waals surface area contributed by atoms with E-state index in [0.717, 1.165) is 6.07 Å². The predicted molar refractivity (Wildman–Crippen MR) is 97.4 cm³/mol. The van der Waals surface area contributed by atoms with Gasteiger partial charge < -0.3 is 10.8 Å². The van der Waals surface area contributed by atoms with Gasteiger partial charge in [0.2, 0.25) is 5.91 Å². The van der Waals surface area contributed by atoms with Crippen molar-refractivity contribution in [2.75, 3.05) is 0 Å². The number of halogens is 3. The fourth-order valence-corrected chi connectivity index (χ4v) is 3.23. The average molecular weight is 395 g/mol. The Hall–Kier alpha value is -2.57. The Bertz CT molecular complexity index is 1080. The summed E-state index contributed by atoms with van der Waals surface area (Å²) in [6.07, 6.45) is -0.273. The van der Waals surface area contributed by atoms with E-state index >= 15 is 0 Å². The van der Waals surface area contributed by atoms with Gasteiger partial charge in [-0.3, -0.25) is 14.2 Å². The molecular weight excluding hydrogens is 382 g/mol. The molecule has 3 N–H and O–H groups in total. The molecule has 0 unspecified atom stereocenters. The molecule has 5 nitrogen and oxygen atoms in total. The van der Waals surface area contributed by atoms with E-state index in [0.29, 0.717) is 10.7 Å². The normalized spacial score (nSPS) is 11.1. The van der Waals surface area contributed by atoms with Crippen LogP contribution in [0.1, 0.15) is 21.6 Å². The average Bonchev–Trinajstić information content (AvgIpc) is 2.85. The number of nitrogens with zero attached hydrogens (tertiary/aromatic N) is 1. The SMILES string of the molecule is Cc1c(CC(N)=O)c2c(F)c(O)ccc2n1C(=O)c1ccc(Cl)c(Cl)c1. The van der Waals surface area contributed by atoms with Gasteiger partial charge >= 0.3 is 0 Å². The Balaban J connectivity index is 2.30. The van der Waals surface area contributed by atoms with E-state index in [1.54, 1.807) is 6.92 Å². The van der Waals surface area contributed by atoms with Crippen molar-refractivity contribution in [1.82, 2.24) is 4.57 Å². The second-order valence-corrected chi connectivity index (χ2v) is 6.58. The van der Waals surface area contributed by atoms with Crippen LogP contribution in [-0.2, 0) is 11.2 Å². The molecule has 0 fully saturated rings. The quantitative estimate of drug-likeness (QED) is 0.707. The number of hydrogen-bond acceptors (Lipinski definition) is 3. The smallest absolute Gasteiger partial charge is 0.262 e. The predicted octanol–water partition coefficient (Wildman–Crippen LogP) is 3.82. The third-order valence-electron chi connectivity index (χ3n) is 4.14. The molecule has 0 atom stereocenters. The lowest BCUT2D eigenvalue weighted by Gasteiger charge is -2.08. The van der Waals surface area contributed by atoms with Crippen molar-refractivity contribution < 1.29 is 19.1 Å². The topological polar surface area (TPSA) is 85.3 Å². The summed E-state index contributed by atoms with van der Waals surface area (Å²) < 4.78 is 15.8. The first-order valence-electron chi connectivity index (χ1n) is 7.51. The summed E-state index contributed by atoms with van der Waals surface area (Å²) in [4.78, 5) is 24.4. The van der Waals surface area contributed by atoms with Gasteiger partial charge in [-0.05, 0) is 42.8 Å². The molecule has 0 bridgehead atoms. The van der Waals surface area contributed by atoms with Crippen LogP contribution in [0.15, 0.2) is 30.3 Å². The highest BCUT2D eigenvalue weighted by atomic mass is 35.5. The number of primary amides is 1. The van der Waals surface area contributed by atoms with Crippen molar-refractivity contribution in [3.63, 3.8) is 0 Å². The fourth-order valence-electron chi connectivity index (χ4n) is 2.94. The molecule has 1 heterocycles. The summed E-state index contributed by atoms with van der Waals surface area (Å²) in [5.74, 6) is -2.66. The molecule has 0 spiro atoms. The van der Waals surface area contributed by atoms with Crippen molar-refractivity contribution >= 4 is 45.9 Å². The van der Waals surface area contributed by atoms with Gasteiger partial charge in [0.1, 0.15) is 0 Å². The van der Waals surface area contributed by atoms with Gasteiger partial charge in [0.15, 0.2) is 11.6 Å². The number of aromatic hydroxyl groups is 1. The number of rotatable bonds is 3. The number of nitrogens with two attached hydrogens (primary N) is 1. The van der Waals surface area contributed by atoms with Gasteiger partial charge in [-0.25, -0.2) is 4.39 Å². The monoisotopic (exact) mass is 394 g/mol. The third-order valence-corrected chi connectivity index (χ3v) is 4.87. The molecule has 0 saturated carbocycles. The molecule has 0 aliphatic heterocycles. The summed E-state index contributed by atoms with van der Waals surface area (Å²) in [6, 6.07) is 6.92. The van der Waals surface area contributed by atoms with E-state index in [2.05, 4.69) is 0 Å². The number of carbonyl (C=O) groups excluding carboxylic acids is 2. The summed E-state index contributed by atoms with van der Waals surface area (Å²) >= 11 is 11.9. The van der Waals surface area contributed by atoms with Gasteiger partial charge in [0.25, 0.3) is 5.91 Å². The summed E-state index contributed by atoms with van der Waals surface area (Å²) in [5, 5.41) is 10.2. The number of phenols is 1. The highest BCUT2D eigenvalue weighted by molar-refractivity contribution is 6.42. The second-order valence-electron chi connectivity index (χ2n) is 5.77. The largest absolute Gasteiger partial charge is 0.505 e. The van der Waals surface area contributed by atoms with Crippen molar-refractivity contribution in [1.29, 1.82) is 0 Å². The molecular formula is C18H13Cl2FN2O3. The maximum Gasteiger partial charge on any atom is 0.262 e. The fraction of sp³-hybridized carbons (Fsp3) is 0.111. The van der Waals surface area contributed by atoms with E-state index in [1.807, 2.05) is 0 Å².